The summed E-state index contributed by atoms with van der Waals surface area (Å²) in [6.45, 7) is 3.49. The van der Waals surface area contributed by atoms with Crippen LogP contribution in [0.2, 0.25) is 0 Å². The molecule has 0 unspecified atom stereocenters. The smallest absolute Gasteiger partial charge is 0.337 e. The number of amides is 1. The van der Waals surface area contributed by atoms with Gasteiger partial charge in [0.1, 0.15) is 5.76 Å². The highest BCUT2D eigenvalue weighted by Gasteiger charge is 2.14. The maximum Gasteiger partial charge on any atom is 0.337 e. The van der Waals surface area contributed by atoms with Gasteiger partial charge in [-0.2, -0.15) is 0 Å². The Morgan fingerprint density at radius 2 is 2.10 bits per heavy atom. The third kappa shape index (κ3) is 3.00. The lowest BCUT2D eigenvalue weighted by molar-refractivity contribution is -0.115. The van der Waals surface area contributed by atoms with Crippen molar-refractivity contribution in [3.8, 4) is 0 Å². The second kappa shape index (κ2) is 5.52. The van der Waals surface area contributed by atoms with Crippen molar-refractivity contribution in [3.05, 3.63) is 41.0 Å². The average molecular weight is 275 g/mol. The lowest BCUT2D eigenvalue weighted by atomic mass is 10.1. The fourth-order valence-corrected chi connectivity index (χ4v) is 1.75. The fourth-order valence-electron chi connectivity index (χ4n) is 1.75. The van der Waals surface area contributed by atoms with E-state index in [4.69, 9.17) is 9.63 Å². The number of carboxylic acids is 1. The molecule has 2 N–H and O–H groups in total. The Morgan fingerprint density at radius 1 is 1.35 bits per heavy atom. The minimum atomic E-state index is -1.10. The van der Waals surface area contributed by atoms with Gasteiger partial charge >= 0.3 is 5.97 Å². The molecule has 104 valence electrons. The molecule has 0 aliphatic rings. The Bertz CT molecular complexity index is 644. The number of hydrogen-bond donors (Lipinski definition) is 2. The topological polar surface area (TPSA) is 105 Å². The summed E-state index contributed by atoms with van der Waals surface area (Å²) < 4.78 is 4.98. The van der Waals surface area contributed by atoms with Gasteiger partial charge in [-0.15, -0.1) is 0 Å². The van der Waals surface area contributed by atoms with Crippen LogP contribution in [0.4, 0.5) is 5.69 Å². The summed E-state index contributed by atoms with van der Waals surface area (Å²) >= 11 is 0. The van der Waals surface area contributed by atoms with Crippen molar-refractivity contribution in [1.29, 1.82) is 0 Å². The molecule has 2 aromatic rings. The molecular weight excluding hydrogens is 262 g/mol. The van der Waals surface area contributed by atoms with Crippen LogP contribution in [0.25, 0.3) is 0 Å². The van der Waals surface area contributed by atoms with Crippen LogP contribution in [0, 0.1) is 13.8 Å². The summed E-state index contributed by atoms with van der Waals surface area (Å²) in [6, 6.07) is 1.35. The van der Waals surface area contributed by atoms with E-state index in [1.165, 1.54) is 18.5 Å². The van der Waals surface area contributed by atoms with Crippen LogP contribution in [-0.2, 0) is 11.2 Å². The largest absolute Gasteiger partial charge is 0.478 e. The molecule has 2 rings (SSSR count). The van der Waals surface area contributed by atoms with Crippen molar-refractivity contribution in [3.63, 3.8) is 0 Å². The first-order chi connectivity index (χ1) is 9.47. The van der Waals surface area contributed by atoms with Crippen LogP contribution in [0.5, 0.6) is 0 Å². The zero-order valence-corrected chi connectivity index (χ0v) is 11.0. The van der Waals surface area contributed by atoms with E-state index in [1.807, 2.05) is 0 Å². The van der Waals surface area contributed by atoms with Gasteiger partial charge in [-0.3, -0.25) is 9.78 Å². The zero-order chi connectivity index (χ0) is 14.7. The molecule has 7 heteroatoms. The minimum Gasteiger partial charge on any atom is -0.478 e. The molecule has 2 aromatic heterocycles. The van der Waals surface area contributed by atoms with Gasteiger partial charge in [-0.25, -0.2) is 4.79 Å². The molecular formula is C13H13N3O4. The van der Waals surface area contributed by atoms with Gasteiger partial charge in [-0.1, -0.05) is 5.16 Å². The Hall–Kier alpha value is -2.70. The number of aromatic nitrogens is 2. The van der Waals surface area contributed by atoms with Gasteiger partial charge in [0.05, 0.1) is 29.6 Å². The quantitative estimate of drug-likeness (QED) is 0.877. The minimum absolute atomic E-state index is 0.0140. The van der Waals surface area contributed by atoms with Crippen molar-refractivity contribution >= 4 is 17.6 Å². The Labute approximate surface area is 114 Å². The van der Waals surface area contributed by atoms with Crippen molar-refractivity contribution in [2.75, 3.05) is 5.32 Å². The van der Waals surface area contributed by atoms with E-state index in [0.717, 1.165) is 5.56 Å². The number of nitrogens with one attached hydrogen (secondary N) is 1. The van der Waals surface area contributed by atoms with E-state index in [2.05, 4.69) is 15.5 Å². The van der Waals surface area contributed by atoms with E-state index in [9.17, 15) is 9.59 Å². The first-order valence-corrected chi connectivity index (χ1v) is 5.87. The number of aryl methyl sites for hydroxylation is 2. The molecule has 0 saturated heterocycles. The highest BCUT2D eigenvalue weighted by molar-refractivity contribution is 5.94. The van der Waals surface area contributed by atoms with E-state index in [-0.39, 0.29) is 17.9 Å². The molecule has 0 spiro atoms. The molecule has 0 fully saturated rings. The number of carbonyl (C=O) groups is 2. The third-order valence-corrected chi connectivity index (χ3v) is 2.79. The Balaban J connectivity index is 2.09. The van der Waals surface area contributed by atoms with Crippen LogP contribution >= 0.6 is 0 Å². The van der Waals surface area contributed by atoms with Crippen LogP contribution in [-0.4, -0.2) is 27.1 Å². The predicted molar refractivity (Wildman–Crippen MR) is 69.5 cm³/mol. The molecule has 7 nitrogen and oxygen atoms in total. The van der Waals surface area contributed by atoms with Crippen molar-refractivity contribution < 1.29 is 19.2 Å². The summed E-state index contributed by atoms with van der Waals surface area (Å²) in [4.78, 5) is 26.5. The van der Waals surface area contributed by atoms with Gasteiger partial charge in [-0.05, 0) is 19.9 Å². The third-order valence-electron chi connectivity index (χ3n) is 2.79. The first kappa shape index (κ1) is 13.7. The number of rotatable bonds is 4. The second-order valence-electron chi connectivity index (χ2n) is 4.30. The van der Waals surface area contributed by atoms with E-state index < -0.39 is 5.97 Å². The maximum atomic E-state index is 11.9. The van der Waals surface area contributed by atoms with Gasteiger partial charge in [0.25, 0.3) is 0 Å². The van der Waals surface area contributed by atoms with Crippen molar-refractivity contribution in [2.24, 2.45) is 0 Å². The number of carboxylic acid groups (broad SMARTS) is 1. The average Bonchev–Trinajstić information content (AvgIpc) is 2.71. The molecule has 0 radical (unpaired) electrons. The molecule has 2 heterocycles. The number of hydrogen-bond acceptors (Lipinski definition) is 5. The molecule has 1 amide bonds. The van der Waals surface area contributed by atoms with Gasteiger partial charge in [0, 0.05) is 11.8 Å². The Morgan fingerprint density at radius 3 is 2.70 bits per heavy atom. The van der Waals surface area contributed by atoms with E-state index >= 15 is 0 Å². The summed E-state index contributed by atoms with van der Waals surface area (Å²) in [5.41, 5.74) is 1.74. The SMILES string of the molecule is Cc1noc(C)c1CC(=O)Nc1cncc(C(=O)O)c1. The summed E-state index contributed by atoms with van der Waals surface area (Å²) in [6.07, 6.45) is 2.71. The maximum absolute atomic E-state index is 11.9. The highest BCUT2D eigenvalue weighted by Crippen LogP contribution is 2.14. The molecule has 0 aliphatic carbocycles. The van der Waals surface area contributed by atoms with Crippen molar-refractivity contribution in [1.82, 2.24) is 10.1 Å². The normalized spacial score (nSPS) is 10.3. The summed E-state index contributed by atoms with van der Waals surface area (Å²) in [5.74, 6) is -0.793. The van der Waals surface area contributed by atoms with Crippen LogP contribution in [0.3, 0.4) is 0 Å². The van der Waals surface area contributed by atoms with Crippen LogP contribution in [0.1, 0.15) is 27.4 Å². The van der Waals surface area contributed by atoms with Crippen LogP contribution < -0.4 is 5.32 Å². The molecule has 20 heavy (non-hydrogen) atoms. The number of carbonyl (C=O) groups excluding carboxylic acids is 1. The Kier molecular flexibility index (Phi) is 3.79. The highest BCUT2D eigenvalue weighted by atomic mass is 16.5. The fraction of sp³-hybridized carbons (Fsp3) is 0.231. The molecule has 0 aliphatic heterocycles. The molecule has 0 aromatic carbocycles. The van der Waals surface area contributed by atoms with Crippen molar-refractivity contribution in [2.45, 2.75) is 20.3 Å². The van der Waals surface area contributed by atoms with Crippen LogP contribution in [0.15, 0.2) is 23.0 Å². The molecule has 0 atom stereocenters. The second-order valence-corrected chi connectivity index (χ2v) is 4.30. The van der Waals surface area contributed by atoms with Gasteiger partial charge in [0.15, 0.2) is 0 Å². The zero-order valence-electron chi connectivity index (χ0n) is 11.0. The van der Waals surface area contributed by atoms with E-state index in [1.54, 1.807) is 13.8 Å². The van der Waals surface area contributed by atoms with E-state index in [0.29, 0.717) is 17.1 Å². The monoisotopic (exact) mass is 275 g/mol. The molecule has 0 saturated carbocycles. The number of pyridine rings is 1. The standard InChI is InChI=1S/C13H13N3O4/c1-7-11(8(2)20-16-7)4-12(17)15-10-3-9(13(18)19)5-14-6-10/h3,5-6H,4H2,1-2H3,(H,15,17)(H,18,19). The lowest BCUT2D eigenvalue weighted by Crippen LogP contribution is -2.15. The number of nitrogens with zero attached hydrogens (tertiary/aromatic N) is 2. The number of anilines is 1. The lowest BCUT2D eigenvalue weighted by Gasteiger charge is -2.05. The predicted octanol–water partition coefficient (Wildman–Crippen LogP) is 1.57. The molecule has 0 bridgehead atoms. The summed E-state index contributed by atoms with van der Waals surface area (Å²) in [7, 11) is 0. The van der Waals surface area contributed by atoms with Gasteiger partial charge in [0.2, 0.25) is 5.91 Å². The summed E-state index contributed by atoms with van der Waals surface area (Å²) in [5, 5.41) is 15.2. The number of aromatic carboxylic acids is 1. The first-order valence-electron chi connectivity index (χ1n) is 5.87. The van der Waals surface area contributed by atoms with Gasteiger partial charge < -0.3 is 14.9 Å².